The zero-order valence-corrected chi connectivity index (χ0v) is 15.7. The van der Waals surface area contributed by atoms with E-state index >= 15 is 0 Å². The molecule has 1 aliphatic rings. The van der Waals surface area contributed by atoms with E-state index in [1.165, 1.54) is 10.4 Å². The summed E-state index contributed by atoms with van der Waals surface area (Å²) >= 11 is 0. The maximum Gasteiger partial charge on any atom is 0.243 e. The highest BCUT2D eigenvalue weighted by atomic mass is 32.2. The van der Waals surface area contributed by atoms with E-state index in [1.807, 2.05) is 30.3 Å². The van der Waals surface area contributed by atoms with Crippen LogP contribution < -0.4 is 5.73 Å². The molecule has 2 aromatic rings. The van der Waals surface area contributed by atoms with Crippen LogP contribution >= 0.6 is 0 Å². The lowest BCUT2D eigenvalue weighted by Gasteiger charge is -2.17. The molecule has 0 spiro atoms. The highest BCUT2D eigenvalue weighted by Gasteiger charge is 2.39. The molecule has 1 saturated heterocycles. The van der Waals surface area contributed by atoms with Crippen LogP contribution in [-0.4, -0.2) is 38.1 Å². The van der Waals surface area contributed by atoms with Crippen LogP contribution in [0.4, 0.5) is 0 Å². The Morgan fingerprint density at radius 2 is 1.85 bits per heavy atom. The van der Waals surface area contributed by atoms with Crippen LogP contribution in [0, 0.1) is 5.92 Å². The zero-order chi connectivity index (χ0) is 18.7. The number of Topliss-reactive ketones (excluding diaryl/α,β-unsaturated/α-hetero) is 1. The van der Waals surface area contributed by atoms with Crippen molar-refractivity contribution < 1.29 is 13.2 Å². The molecule has 5 nitrogen and oxygen atoms in total. The van der Waals surface area contributed by atoms with E-state index in [2.05, 4.69) is 0 Å². The molecule has 2 atom stereocenters. The molecular weight excluding hydrogens is 348 g/mol. The van der Waals surface area contributed by atoms with Gasteiger partial charge in [0.15, 0.2) is 5.78 Å². The molecule has 6 heteroatoms. The predicted octanol–water partition coefficient (Wildman–Crippen LogP) is 2.64. The van der Waals surface area contributed by atoms with Crippen LogP contribution in [0.3, 0.4) is 0 Å². The molecule has 0 aromatic heterocycles. The van der Waals surface area contributed by atoms with Crippen LogP contribution in [0.2, 0.25) is 0 Å². The Hall–Kier alpha value is -2.02. The first-order valence-corrected chi connectivity index (χ1v) is 10.3. The van der Waals surface area contributed by atoms with Gasteiger partial charge in [-0.1, -0.05) is 49.4 Å². The van der Waals surface area contributed by atoms with E-state index in [1.54, 1.807) is 25.1 Å². The molecule has 138 valence electrons. The zero-order valence-electron chi connectivity index (χ0n) is 14.8. The van der Waals surface area contributed by atoms with Gasteiger partial charge in [0.25, 0.3) is 0 Å². The summed E-state index contributed by atoms with van der Waals surface area (Å²) in [4.78, 5) is 12.1. The number of nitrogens with two attached hydrogens (primary N) is 1. The van der Waals surface area contributed by atoms with E-state index < -0.39 is 10.0 Å². The van der Waals surface area contributed by atoms with Crippen molar-refractivity contribution in [3.05, 3.63) is 65.7 Å². The van der Waals surface area contributed by atoms with E-state index in [4.69, 9.17) is 5.73 Å². The molecule has 0 saturated carbocycles. The molecule has 3 rings (SSSR count). The van der Waals surface area contributed by atoms with E-state index in [0.717, 1.165) is 5.56 Å². The summed E-state index contributed by atoms with van der Waals surface area (Å²) < 4.78 is 27.7. The second-order valence-corrected chi connectivity index (χ2v) is 8.58. The summed E-state index contributed by atoms with van der Waals surface area (Å²) in [6, 6.07) is 16.2. The van der Waals surface area contributed by atoms with Gasteiger partial charge in [-0.2, -0.15) is 4.31 Å². The number of sulfonamides is 1. The minimum absolute atomic E-state index is 0.0644. The van der Waals surface area contributed by atoms with Crippen LogP contribution in [0.1, 0.15) is 35.2 Å². The number of carbonyl (C=O) groups excluding carboxylic acids is 1. The molecule has 1 aliphatic heterocycles. The highest BCUT2D eigenvalue weighted by molar-refractivity contribution is 7.89. The number of benzene rings is 2. The van der Waals surface area contributed by atoms with Gasteiger partial charge in [-0.25, -0.2) is 8.42 Å². The third kappa shape index (κ3) is 3.58. The molecule has 1 heterocycles. The Balaban J connectivity index is 1.90. The van der Waals surface area contributed by atoms with Gasteiger partial charge in [-0.3, -0.25) is 4.79 Å². The van der Waals surface area contributed by atoms with Crippen molar-refractivity contribution in [2.75, 3.05) is 19.6 Å². The molecule has 0 radical (unpaired) electrons. The molecule has 1 fully saturated rings. The number of nitrogens with zero attached hydrogens (tertiary/aromatic N) is 1. The van der Waals surface area contributed by atoms with Gasteiger partial charge in [-0.15, -0.1) is 0 Å². The Morgan fingerprint density at radius 1 is 1.12 bits per heavy atom. The Labute approximate surface area is 154 Å². The molecule has 2 aromatic carbocycles. The topological polar surface area (TPSA) is 80.5 Å². The molecular formula is C20H24N2O3S. The third-order valence-corrected chi connectivity index (χ3v) is 6.88. The van der Waals surface area contributed by atoms with Crippen molar-refractivity contribution in [3.8, 4) is 0 Å². The highest BCUT2D eigenvalue weighted by Crippen LogP contribution is 2.35. The number of hydrogen-bond donors (Lipinski definition) is 1. The third-order valence-electron chi connectivity index (χ3n) is 5.05. The lowest BCUT2D eigenvalue weighted by molar-refractivity contribution is 0.0988. The van der Waals surface area contributed by atoms with Crippen molar-refractivity contribution in [1.82, 2.24) is 4.31 Å². The maximum atomic E-state index is 13.1. The monoisotopic (exact) mass is 372 g/mol. The van der Waals surface area contributed by atoms with E-state index in [9.17, 15) is 13.2 Å². The first kappa shape index (κ1) is 18.8. The summed E-state index contributed by atoms with van der Waals surface area (Å²) in [5.74, 6) is 0.0922. The SMILES string of the molecule is CCC(=O)c1cccc(S(=O)(=O)N2C[C@@H](CN)[C@H](c3ccccc3)C2)c1. The second kappa shape index (κ2) is 7.70. The Morgan fingerprint density at radius 3 is 2.50 bits per heavy atom. The molecule has 0 aliphatic carbocycles. The van der Waals surface area contributed by atoms with E-state index in [-0.39, 0.29) is 22.5 Å². The van der Waals surface area contributed by atoms with Crippen molar-refractivity contribution >= 4 is 15.8 Å². The minimum atomic E-state index is -3.66. The summed E-state index contributed by atoms with van der Waals surface area (Å²) in [5, 5.41) is 0. The van der Waals surface area contributed by atoms with Crippen molar-refractivity contribution in [3.63, 3.8) is 0 Å². The molecule has 2 N–H and O–H groups in total. The van der Waals surface area contributed by atoms with Crippen LogP contribution in [0.25, 0.3) is 0 Å². The largest absolute Gasteiger partial charge is 0.330 e. The average Bonchev–Trinajstić information content (AvgIpc) is 3.13. The van der Waals surface area contributed by atoms with Gasteiger partial charge in [-0.05, 0) is 30.2 Å². The first-order chi connectivity index (χ1) is 12.5. The summed E-state index contributed by atoms with van der Waals surface area (Å²) in [6.45, 7) is 2.99. The summed E-state index contributed by atoms with van der Waals surface area (Å²) in [7, 11) is -3.66. The number of hydrogen-bond acceptors (Lipinski definition) is 4. The maximum absolute atomic E-state index is 13.1. The normalized spacial score (nSPS) is 21.0. The molecule has 0 unspecified atom stereocenters. The second-order valence-electron chi connectivity index (χ2n) is 6.64. The number of ketones is 1. The lowest BCUT2D eigenvalue weighted by atomic mass is 9.89. The quantitative estimate of drug-likeness (QED) is 0.791. The van der Waals surface area contributed by atoms with Crippen molar-refractivity contribution in [1.29, 1.82) is 0 Å². The number of carbonyl (C=O) groups is 1. The minimum Gasteiger partial charge on any atom is -0.330 e. The predicted molar refractivity (Wildman–Crippen MR) is 102 cm³/mol. The van der Waals surface area contributed by atoms with Gasteiger partial charge >= 0.3 is 0 Å². The van der Waals surface area contributed by atoms with Gasteiger partial charge in [0.2, 0.25) is 10.0 Å². The first-order valence-electron chi connectivity index (χ1n) is 8.85. The number of rotatable bonds is 6. The lowest BCUT2D eigenvalue weighted by Crippen LogP contribution is -2.30. The van der Waals surface area contributed by atoms with Crippen LogP contribution in [0.5, 0.6) is 0 Å². The van der Waals surface area contributed by atoms with Gasteiger partial charge in [0.1, 0.15) is 0 Å². The molecule has 0 bridgehead atoms. The average molecular weight is 372 g/mol. The van der Waals surface area contributed by atoms with Crippen LogP contribution in [0.15, 0.2) is 59.5 Å². The smallest absolute Gasteiger partial charge is 0.243 e. The van der Waals surface area contributed by atoms with E-state index in [0.29, 0.717) is 31.6 Å². The Kier molecular flexibility index (Phi) is 5.55. The fourth-order valence-electron chi connectivity index (χ4n) is 3.53. The Bertz CT molecular complexity index is 881. The van der Waals surface area contributed by atoms with Crippen LogP contribution in [-0.2, 0) is 10.0 Å². The van der Waals surface area contributed by atoms with Crippen molar-refractivity contribution in [2.24, 2.45) is 11.7 Å². The van der Waals surface area contributed by atoms with Gasteiger partial charge < -0.3 is 5.73 Å². The molecule has 0 amide bonds. The van der Waals surface area contributed by atoms with Crippen molar-refractivity contribution in [2.45, 2.75) is 24.2 Å². The summed E-state index contributed by atoms with van der Waals surface area (Å²) in [5.41, 5.74) is 7.46. The fourth-order valence-corrected chi connectivity index (χ4v) is 5.10. The van der Waals surface area contributed by atoms with Gasteiger partial charge in [0.05, 0.1) is 4.90 Å². The molecule has 26 heavy (non-hydrogen) atoms. The summed E-state index contributed by atoms with van der Waals surface area (Å²) in [6.07, 6.45) is 0.346. The fraction of sp³-hybridized carbons (Fsp3) is 0.350. The standard InChI is InChI=1S/C20H24N2O3S/c1-2-20(23)16-9-6-10-18(11-16)26(24,25)22-13-17(12-21)19(14-22)15-7-4-3-5-8-15/h3-11,17,19H,2,12-14,21H2,1H3/t17-,19+/m1/s1. The van der Waals surface area contributed by atoms with Gasteiger partial charge in [0, 0.05) is 31.0 Å².